The van der Waals surface area contributed by atoms with Crippen LogP contribution in [0.1, 0.15) is 15.9 Å². The maximum absolute atomic E-state index is 12.6. The highest BCUT2D eigenvalue weighted by Gasteiger charge is 2.12. The number of para-hydroxylation sites is 1. The summed E-state index contributed by atoms with van der Waals surface area (Å²) in [6.07, 6.45) is 5.35. The van der Waals surface area contributed by atoms with Crippen LogP contribution in [0.4, 0.5) is 0 Å². The van der Waals surface area contributed by atoms with Gasteiger partial charge in [-0.1, -0.05) is 36.4 Å². The van der Waals surface area contributed by atoms with Crippen molar-refractivity contribution in [2.45, 2.75) is 0 Å². The topological polar surface area (TPSA) is 44.1 Å². The number of rotatable bonds is 6. The molecule has 0 aliphatic heterocycles. The number of hydrogen-bond donors (Lipinski definition) is 0. The van der Waals surface area contributed by atoms with Gasteiger partial charge in [-0.15, -0.1) is 11.3 Å². The summed E-state index contributed by atoms with van der Waals surface area (Å²) in [5.74, 6) is 0.582. The normalized spacial score (nSPS) is 11.0. The van der Waals surface area contributed by atoms with Crippen LogP contribution in [0.15, 0.2) is 84.4 Å². The number of benzene rings is 2. The van der Waals surface area contributed by atoms with Gasteiger partial charge in [0.1, 0.15) is 11.4 Å². The first kappa shape index (κ1) is 17.9. The van der Waals surface area contributed by atoms with Gasteiger partial charge in [0.05, 0.1) is 17.7 Å². The molecule has 2 aromatic carbocycles. The Labute approximate surface area is 167 Å². The van der Waals surface area contributed by atoms with Gasteiger partial charge in [0.2, 0.25) is 0 Å². The van der Waals surface area contributed by atoms with Crippen molar-refractivity contribution in [3.8, 4) is 22.0 Å². The molecule has 4 nitrogen and oxygen atoms in total. The summed E-state index contributed by atoms with van der Waals surface area (Å²) < 4.78 is 7.04. The van der Waals surface area contributed by atoms with Crippen LogP contribution in [0.5, 0.6) is 5.75 Å². The average Bonchev–Trinajstić information content (AvgIpc) is 3.42. The Morgan fingerprint density at radius 1 is 1.07 bits per heavy atom. The molecule has 0 radical (unpaired) electrons. The van der Waals surface area contributed by atoms with Crippen molar-refractivity contribution < 1.29 is 9.53 Å². The Morgan fingerprint density at radius 2 is 1.93 bits per heavy atom. The number of thiophene rings is 1. The number of ether oxygens (including phenoxy) is 1. The first-order valence-corrected chi connectivity index (χ1v) is 9.68. The van der Waals surface area contributed by atoms with E-state index in [1.165, 1.54) is 0 Å². The monoisotopic (exact) mass is 386 g/mol. The largest absolute Gasteiger partial charge is 0.497 e. The predicted octanol–water partition coefficient (Wildman–Crippen LogP) is 5.51. The van der Waals surface area contributed by atoms with Crippen LogP contribution >= 0.6 is 11.3 Å². The molecule has 138 valence electrons. The molecule has 0 aliphatic rings. The van der Waals surface area contributed by atoms with E-state index in [2.05, 4.69) is 0 Å². The lowest BCUT2D eigenvalue weighted by Gasteiger charge is -2.01. The highest BCUT2D eigenvalue weighted by atomic mass is 32.1. The summed E-state index contributed by atoms with van der Waals surface area (Å²) in [6, 6.07) is 21.1. The molecule has 5 heteroatoms. The van der Waals surface area contributed by atoms with E-state index in [-0.39, 0.29) is 5.78 Å². The van der Waals surface area contributed by atoms with Crippen molar-refractivity contribution in [2.24, 2.45) is 0 Å². The van der Waals surface area contributed by atoms with Crippen LogP contribution in [-0.4, -0.2) is 22.7 Å². The van der Waals surface area contributed by atoms with Crippen LogP contribution in [0.25, 0.3) is 22.3 Å². The van der Waals surface area contributed by atoms with E-state index in [0.717, 1.165) is 21.8 Å². The number of nitrogens with zero attached hydrogens (tertiary/aromatic N) is 2. The molecule has 0 amide bonds. The summed E-state index contributed by atoms with van der Waals surface area (Å²) >= 11 is 1.62. The predicted molar refractivity (Wildman–Crippen MR) is 113 cm³/mol. The Bertz CT molecular complexity index is 1110. The summed E-state index contributed by atoms with van der Waals surface area (Å²) in [5, 5.41) is 6.77. The fourth-order valence-electron chi connectivity index (χ4n) is 2.87. The van der Waals surface area contributed by atoms with Crippen molar-refractivity contribution in [3.63, 3.8) is 0 Å². The minimum atomic E-state index is -0.0801. The van der Waals surface area contributed by atoms with Gasteiger partial charge in [-0.25, -0.2) is 4.68 Å². The van der Waals surface area contributed by atoms with Crippen LogP contribution < -0.4 is 4.74 Å². The van der Waals surface area contributed by atoms with E-state index in [0.29, 0.717) is 11.3 Å². The molecule has 2 heterocycles. The second kappa shape index (κ2) is 8.06. The van der Waals surface area contributed by atoms with E-state index >= 15 is 0 Å². The lowest BCUT2D eigenvalue weighted by atomic mass is 10.1. The van der Waals surface area contributed by atoms with Gasteiger partial charge >= 0.3 is 0 Å². The van der Waals surface area contributed by atoms with Crippen molar-refractivity contribution in [1.29, 1.82) is 0 Å². The Balaban J connectivity index is 1.69. The minimum absolute atomic E-state index is 0.0801. The zero-order chi connectivity index (χ0) is 19.3. The average molecular weight is 386 g/mol. The molecule has 0 N–H and O–H groups in total. The van der Waals surface area contributed by atoms with Crippen LogP contribution in [0.3, 0.4) is 0 Å². The number of aromatic nitrogens is 2. The number of carbonyl (C=O) groups excluding carboxylic acids is 1. The Hall–Kier alpha value is -3.44. The van der Waals surface area contributed by atoms with Gasteiger partial charge < -0.3 is 4.74 Å². The molecule has 0 unspecified atom stereocenters. The van der Waals surface area contributed by atoms with Crippen LogP contribution in [0, 0.1) is 0 Å². The SMILES string of the molecule is COc1cccc(C(=O)C=Cc2cn(-c3ccccc3)nc2-c2cccs2)c1. The highest BCUT2D eigenvalue weighted by molar-refractivity contribution is 7.13. The van der Waals surface area contributed by atoms with E-state index in [1.54, 1.807) is 36.7 Å². The number of ketones is 1. The van der Waals surface area contributed by atoms with Crippen LogP contribution in [-0.2, 0) is 0 Å². The van der Waals surface area contributed by atoms with E-state index in [4.69, 9.17) is 9.84 Å². The van der Waals surface area contributed by atoms with Gasteiger partial charge in [-0.05, 0) is 47.9 Å². The van der Waals surface area contributed by atoms with Crippen molar-refractivity contribution in [1.82, 2.24) is 9.78 Å². The molecule has 4 aromatic rings. The molecule has 0 saturated heterocycles. The fraction of sp³-hybridized carbons (Fsp3) is 0.0435. The van der Waals surface area contributed by atoms with E-state index < -0.39 is 0 Å². The quantitative estimate of drug-likeness (QED) is 0.324. The van der Waals surface area contributed by atoms with Crippen molar-refractivity contribution in [2.75, 3.05) is 7.11 Å². The molecule has 28 heavy (non-hydrogen) atoms. The smallest absolute Gasteiger partial charge is 0.185 e. The molecule has 0 aliphatic carbocycles. The lowest BCUT2D eigenvalue weighted by molar-refractivity contribution is 0.104. The number of hydrogen-bond acceptors (Lipinski definition) is 4. The van der Waals surface area contributed by atoms with E-state index in [9.17, 15) is 4.79 Å². The third kappa shape index (κ3) is 3.80. The van der Waals surface area contributed by atoms with Gasteiger partial charge in [0.25, 0.3) is 0 Å². The summed E-state index contributed by atoms with van der Waals surface area (Å²) in [4.78, 5) is 13.7. The number of carbonyl (C=O) groups is 1. The molecule has 0 fully saturated rings. The summed E-state index contributed by atoms with van der Waals surface area (Å²) in [6.45, 7) is 0. The van der Waals surface area contributed by atoms with Crippen molar-refractivity contribution >= 4 is 23.2 Å². The summed E-state index contributed by atoms with van der Waals surface area (Å²) in [7, 11) is 1.59. The zero-order valence-corrected chi connectivity index (χ0v) is 16.1. The standard InChI is InChI=1S/C23H18N2O2S/c1-27-20-10-5-7-17(15-20)21(26)13-12-18-16-25(19-8-3-2-4-9-19)24-23(18)22-11-6-14-28-22/h2-16H,1H3. The highest BCUT2D eigenvalue weighted by Crippen LogP contribution is 2.28. The maximum Gasteiger partial charge on any atom is 0.185 e. The molecule has 0 bridgehead atoms. The lowest BCUT2D eigenvalue weighted by Crippen LogP contribution is -1.94. The minimum Gasteiger partial charge on any atom is -0.497 e. The Morgan fingerprint density at radius 3 is 2.68 bits per heavy atom. The van der Waals surface area contributed by atoms with Gasteiger partial charge in [0.15, 0.2) is 5.78 Å². The van der Waals surface area contributed by atoms with E-state index in [1.807, 2.05) is 76.9 Å². The first-order valence-electron chi connectivity index (χ1n) is 8.80. The third-order valence-corrected chi connectivity index (χ3v) is 5.16. The maximum atomic E-state index is 12.6. The molecule has 0 atom stereocenters. The first-order chi connectivity index (χ1) is 13.7. The molecule has 0 spiro atoms. The van der Waals surface area contributed by atoms with Gasteiger partial charge in [-0.2, -0.15) is 5.10 Å². The number of methoxy groups -OCH3 is 1. The van der Waals surface area contributed by atoms with Gasteiger partial charge in [0, 0.05) is 17.3 Å². The Kier molecular flexibility index (Phi) is 5.17. The zero-order valence-electron chi connectivity index (χ0n) is 15.3. The van der Waals surface area contributed by atoms with Crippen molar-refractivity contribution in [3.05, 3.63) is 95.5 Å². The number of allylic oxidation sites excluding steroid dienone is 1. The van der Waals surface area contributed by atoms with Gasteiger partial charge in [-0.3, -0.25) is 4.79 Å². The molecular weight excluding hydrogens is 368 g/mol. The third-order valence-electron chi connectivity index (χ3n) is 4.29. The molecule has 4 rings (SSSR count). The second-order valence-corrected chi connectivity index (χ2v) is 7.07. The summed E-state index contributed by atoms with van der Waals surface area (Å²) in [5.41, 5.74) is 3.30. The molecular formula is C23H18N2O2S. The molecule has 2 aromatic heterocycles. The molecule has 0 saturated carbocycles. The second-order valence-electron chi connectivity index (χ2n) is 6.12. The fourth-order valence-corrected chi connectivity index (χ4v) is 3.60. The van der Waals surface area contributed by atoms with Crippen LogP contribution in [0.2, 0.25) is 0 Å².